The minimum atomic E-state index is -0.459. The lowest BCUT2D eigenvalue weighted by Gasteiger charge is -2.16. The number of phenolic OH excluding ortho intramolecular Hbond substituents is 1. The molecule has 0 fully saturated rings. The molecule has 0 aliphatic rings. The number of hydrogen-bond donors (Lipinski definition) is 3. The zero-order valence-corrected chi connectivity index (χ0v) is 19.2. The average Bonchev–Trinajstić information content (AvgIpc) is 3.25. The summed E-state index contributed by atoms with van der Waals surface area (Å²) in [4.78, 5) is 4.56. The van der Waals surface area contributed by atoms with Crippen molar-refractivity contribution < 1.29 is 14.2 Å². The molecule has 0 amide bonds. The first-order valence-corrected chi connectivity index (χ1v) is 11.3. The molecule has 7 heteroatoms. The van der Waals surface area contributed by atoms with Gasteiger partial charge in [0.2, 0.25) is 0 Å². The topological polar surface area (TPSA) is 97.0 Å². The summed E-state index contributed by atoms with van der Waals surface area (Å²) in [6.07, 6.45) is 2.26. The molecule has 0 radical (unpaired) electrons. The molecule has 176 valence electrons. The molecule has 0 aliphatic carbocycles. The molecule has 5 aromatic rings. The summed E-state index contributed by atoms with van der Waals surface area (Å²) in [5.41, 5.74) is 11.5. The summed E-state index contributed by atoms with van der Waals surface area (Å²) in [6, 6.07) is 21.3. The Hall–Kier alpha value is -4.23. The van der Waals surface area contributed by atoms with Gasteiger partial charge in [0.1, 0.15) is 23.9 Å². The molecule has 1 atom stereocenters. The van der Waals surface area contributed by atoms with Crippen molar-refractivity contribution in [3.63, 3.8) is 0 Å². The normalized spacial score (nSPS) is 12.1. The molecule has 0 unspecified atom stereocenters. The van der Waals surface area contributed by atoms with Crippen molar-refractivity contribution in [3.8, 4) is 33.9 Å². The lowest BCUT2D eigenvalue weighted by atomic mass is 9.97. The summed E-state index contributed by atoms with van der Waals surface area (Å²) in [6.45, 7) is 2.23. The van der Waals surface area contributed by atoms with Gasteiger partial charge in [0.05, 0.1) is 23.1 Å². The molecule has 6 nitrogen and oxygen atoms in total. The highest BCUT2D eigenvalue weighted by Crippen LogP contribution is 2.38. The molecular weight excluding hydrogens is 443 g/mol. The van der Waals surface area contributed by atoms with Gasteiger partial charge in [0.15, 0.2) is 0 Å². The lowest BCUT2D eigenvalue weighted by molar-refractivity contribution is 0.287. The van der Waals surface area contributed by atoms with Crippen molar-refractivity contribution in [3.05, 3.63) is 96.1 Å². The third kappa shape index (κ3) is 4.85. The van der Waals surface area contributed by atoms with Crippen molar-refractivity contribution in [2.24, 2.45) is 5.73 Å². The highest BCUT2D eigenvalue weighted by atomic mass is 19.1. The average molecular weight is 469 g/mol. The fraction of sp³-hybridized carbons (Fsp3) is 0.143. The Kier molecular flexibility index (Phi) is 6.16. The highest BCUT2D eigenvalue weighted by molar-refractivity contribution is 5.91. The van der Waals surface area contributed by atoms with Gasteiger partial charge in [-0.2, -0.15) is 5.10 Å². The van der Waals surface area contributed by atoms with Gasteiger partial charge in [-0.05, 0) is 60.9 Å². The maximum atomic E-state index is 14.1. The summed E-state index contributed by atoms with van der Waals surface area (Å²) >= 11 is 0. The van der Waals surface area contributed by atoms with Crippen molar-refractivity contribution >= 4 is 10.9 Å². The van der Waals surface area contributed by atoms with E-state index in [-0.39, 0.29) is 11.8 Å². The number of aryl methyl sites for hydroxylation is 1. The first-order chi connectivity index (χ1) is 17.0. The van der Waals surface area contributed by atoms with Crippen LogP contribution >= 0.6 is 0 Å². The Balaban J connectivity index is 1.50. The number of aromatic amines is 1. The van der Waals surface area contributed by atoms with Crippen LogP contribution in [0, 0.1) is 12.7 Å². The van der Waals surface area contributed by atoms with Crippen LogP contribution in [0.25, 0.3) is 33.3 Å². The minimum absolute atomic E-state index is 0.0562. The van der Waals surface area contributed by atoms with E-state index in [4.69, 9.17) is 10.5 Å². The summed E-state index contributed by atoms with van der Waals surface area (Å²) in [5.74, 6) is 0.0188. The van der Waals surface area contributed by atoms with Crippen molar-refractivity contribution in [2.45, 2.75) is 19.4 Å². The Morgan fingerprint density at radius 2 is 1.86 bits per heavy atom. The van der Waals surface area contributed by atoms with E-state index in [0.29, 0.717) is 35.6 Å². The molecule has 35 heavy (non-hydrogen) atoms. The number of nitrogens with zero attached hydrogens (tertiary/aromatic N) is 2. The maximum absolute atomic E-state index is 14.1. The largest absolute Gasteiger partial charge is 0.507 e. The number of nitrogens with two attached hydrogens (primary N) is 1. The van der Waals surface area contributed by atoms with E-state index in [2.05, 4.69) is 15.2 Å². The number of fused-ring (bicyclic) bond motifs is 1. The van der Waals surface area contributed by atoms with Gasteiger partial charge in [-0.25, -0.2) is 4.39 Å². The van der Waals surface area contributed by atoms with Crippen LogP contribution in [0.15, 0.2) is 79.0 Å². The molecule has 4 N–H and O–H groups in total. The first-order valence-electron chi connectivity index (χ1n) is 11.3. The molecule has 0 saturated heterocycles. The summed E-state index contributed by atoms with van der Waals surface area (Å²) in [7, 11) is 0. The zero-order valence-electron chi connectivity index (χ0n) is 19.2. The number of phenols is 1. The van der Waals surface area contributed by atoms with Gasteiger partial charge in [-0.1, -0.05) is 36.4 Å². The Labute approximate surface area is 202 Å². The smallest absolute Gasteiger partial charge is 0.138 e. The van der Waals surface area contributed by atoms with Gasteiger partial charge in [-0.15, -0.1) is 0 Å². The van der Waals surface area contributed by atoms with Gasteiger partial charge in [-0.3, -0.25) is 10.1 Å². The Bertz CT molecular complexity index is 1480. The molecule has 0 aliphatic heterocycles. The van der Waals surface area contributed by atoms with Crippen LogP contribution in [0.3, 0.4) is 0 Å². The number of pyridine rings is 1. The standard InChI is InChI=1S/C28H25FN4O2/c1-17-23-12-19(7-9-26(23)33-32-17)24-14-22(35-16-21(30)11-18-5-3-2-4-6-18)15-31-28(24)25-13-20(29)8-10-27(25)34/h2-10,12-15,21,34H,11,16,30H2,1H3,(H,32,33)/t21-/m0/s1. The number of rotatable bonds is 7. The second kappa shape index (κ2) is 9.56. The van der Waals surface area contributed by atoms with Crippen LogP contribution in [0.1, 0.15) is 11.3 Å². The Morgan fingerprint density at radius 3 is 2.69 bits per heavy atom. The summed E-state index contributed by atoms with van der Waals surface area (Å²) < 4.78 is 20.1. The Morgan fingerprint density at radius 1 is 1.03 bits per heavy atom. The molecule has 0 saturated carbocycles. The van der Waals surface area contributed by atoms with Crippen LogP contribution < -0.4 is 10.5 Å². The second-order valence-electron chi connectivity index (χ2n) is 8.56. The quantitative estimate of drug-likeness (QED) is 0.297. The molecular formula is C28H25FN4O2. The van der Waals surface area contributed by atoms with E-state index in [1.54, 1.807) is 6.20 Å². The van der Waals surface area contributed by atoms with Crippen LogP contribution in [0.5, 0.6) is 11.5 Å². The fourth-order valence-corrected chi connectivity index (χ4v) is 4.15. The predicted octanol–water partition coefficient (Wildman–Crippen LogP) is 5.39. The predicted molar refractivity (Wildman–Crippen MR) is 135 cm³/mol. The number of halogens is 1. The molecule has 2 aromatic heterocycles. The molecule has 3 aromatic carbocycles. The fourth-order valence-electron chi connectivity index (χ4n) is 4.15. The molecule has 2 heterocycles. The number of aromatic nitrogens is 3. The van der Waals surface area contributed by atoms with E-state index in [1.165, 1.54) is 18.2 Å². The van der Waals surface area contributed by atoms with Crippen molar-refractivity contribution in [1.29, 1.82) is 0 Å². The second-order valence-corrected chi connectivity index (χ2v) is 8.56. The SMILES string of the molecule is Cc1n[nH]c2ccc(-c3cc(OC[C@@H](N)Cc4ccccc4)cnc3-c3cc(F)ccc3O)cc12. The first kappa shape index (κ1) is 22.6. The van der Waals surface area contributed by atoms with Crippen LogP contribution in [-0.4, -0.2) is 32.9 Å². The van der Waals surface area contributed by atoms with E-state index in [9.17, 15) is 9.50 Å². The number of hydrogen-bond acceptors (Lipinski definition) is 5. The van der Waals surface area contributed by atoms with E-state index in [1.807, 2.05) is 61.5 Å². The van der Waals surface area contributed by atoms with Crippen molar-refractivity contribution in [2.75, 3.05) is 6.61 Å². The molecule has 0 bridgehead atoms. The lowest BCUT2D eigenvalue weighted by Crippen LogP contribution is -2.30. The monoisotopic (exact) mass is 468 g/mol. The number of nitrogens with one attached hydrogen (secondary N) is 1. The highest BCUT2D eigenvalue weighted by Gasteiger charge is 2.17. The number of H-pyrrole nitrogens is 1. The van der Waals surface area contributed by atoms with Crippen LogP contribution in [0.4, 0.5) is 4.39 Å². The van der Waals surface area contributed by atoms with Crippen LogP contribution in [-0.2, 0) is 6.42 Å². The number of benzene rings is 3. The van der Waals surface area contributed by atoms with E-state index >= 15 is 0 Å². The third-order valence-corrected chi connectivity index (χ3v) is 5.95. The number of ether oxygens (including phenoxy) is 1. The van der Waals surface area contributed by atoms with Gasteiger partial charge >= 0.3 is 0 Å². The minimum Gasteiger partial charge on any atom is -0.507 e. The van der Waals surface area contributed by atoms with Gasteiger partial charge in [0.25, 0.3) is 0 Å². The summed E-state index contributed by atoms with van der Waals surface area (Å²) in [5, 5.41) is 18.7. The van der Waals surface area contributed by atoms with Crippen LogP contribution in [0.2, 0.25) is 0 Å². The van der Waals surface area contributed by atoms with E-state index in [0.717, 1.165) is 27.7 Å². The van der Waals surface area contributed by atoms with Gasteiger partial charge in [0, 0.05) is 22.6 Å². The molecule has 0 spiro atoms. The molecule has 5 rings (SSSR count). The maximum Gasteiger partial charge on any atom is 0.138 e. The van der Waals surface area contributed by atoms with Crippen molar-refractivity contribution in [1.82, 2.24) is 15.2 Å². The van der Waals surface area contributed by atoms with E-state index < -0.39 is 5.82 Å². The van der Waals surface area contributed by atoms with Gasteiger partial charge < -0.3 is 15.6 Å². The third-order valence-electron chi connectivity index (χ3n) is 5.95. The zero-order chi connectivity index (χ0) is 24.4. The number of aromatic hydroxyl groups is 1.